The van der Waals surface area contributed by atoms with E-state index in [1.54, 1.807) is 11.0 Å². The minimum atomic E-state index is -1.12. The van der Waals surface area contributed by atoms with Gasteiger partial charge < -0.3 is 14.7 Å². The van der Waals surface area contributed by atoms with Crippen molar-refractivity contribution in [3.05, 3.63) is 29.7 Å². The highest BCUT2D eigenvalue weighted by atomic mass is 16.5. The molecule has 1 aliphatic heterocycles. The van der Waals surface area contributed by atoms with Gasteiger partial charge in [0.1, 0.15) is 11.3 Å². The highest BCUT2D eigenvalue weighted by molar-refractivity contribution is 5.97. The molecule has 1 atom stereocenters. The smallest absolute Gasteiger partial charge is 0.341 e. The lowest BCUT2D eigenvalue weighted by Crippen LogP contribution is -2.49. The van der Waals surface area contributed by atoms with Gasteiger partial charge in [0, 0.05) is 12.7 Å². The second-order valence-corrected chi connectivity index (χ2v) is 6.29. The maximum atomic E-state index is 13.0. The van der Waals surface area contributed by atoms with Gasteiger partial charge in [-0.05, 0) is 18.4 Å². The van der Waals surface area contributed by atoms with Gasteiger partial charge in [-0.25, -0.2) is 14.3 Å². The molecule has 128 valence electrons. The molecule has 24 heavy (non-hydrogen) atoms. The molecule has 0 bridgehead atoms. The number of carboxylic acid groups (broad SMARTS) is 1. The summed E-state index contributed by atoms with van der Waals surface area (Å²) in [7, 11) is 0. The summed E-state index contributed by atoms with van der Waals surface area (Å²) in [5.41, 5.74) is 0.454. The number of carbonyl (C=O) groups is 2. The van der Waals surface area contributed by atoms with Crippen LogP contribution in [0, 0.1) is 5.92 Å². The normalized spacial score (nSPS) is 18.3. The Morgan fingerprint density at radius 2 is 2.25 bits per heavy atom. The molecule has 3 heterocycles. The van der Waals surface area contributed by atoms with Crippen LogP contribution in [0.25, 0.3) is 5.65 Å². The van der Waals surface area contributed by atoms with Crippen LogP contribution in [0.4, 0.5) is 0 Å². The number of morpholine rings is 1. The van der Waals surface area contributed by atoms with Gasteiger partial charge in [0.25, 0.3) is 5.91 Å². The van der Waals surface area contributed by atoms with E-state index in [1.807, 2.05) is 0 Å². The molecule has 0 unspecified atom stereocenters. The molecule has 1 saturated heterocycles. The molecule has 8 nitrogen and oxygen atoms in total. The van der Waals surface area contributed by atoms with Gasteiger partial charge in [0.15, 0.2) is 5.65 Å². The average Bonchev–Trinajstić information content (AvgIpc) is 2.98. The number of fused-ring (bicyclic) bond motifs is 1. The fourth-order valence-corrected chi connectivity index (χ4v) is 3.01. The zero-order valence-corrected chi connectivity index (χ0v) is 13.7. The Morgan fingerprint density at radius 3 is 2.96 bits per heavy atom. The molecule has 3 rings (SSSR count). The van der Waals surface area contributed by atoms with Crippen molar-refractivity contribution >= 4 is 17.5 Å². The molecular formula is C16H20N4O4. The van der Waals surface area contributed by atoms with Crippen molar-refractivity contribution in [3.63, 3.8) is 0 Å². The maximum absolute atomic E-state index is 13.0. The molecule has 1 aliphatic rings. The summed E-state index contributed by atoms with van der Waals surface area (Å²) in [5, 5.41) is 13.2. The van der Waals surface area contributed by atoms with E-state index in [4.69, 9.17) is 4.74 Å². The topological polar surface area (TPSA) is 97.0 Å². The Bertz CT molecular complexity index is 771. The van der Waals surface area contributed by atoms with Crippen molar-refractivity contribution in [2.45, 2.75) is 26.3 Å². The number of amides is 1. The summed E-state index contributed by atoms with van der Waals surface area (Å²) in [4.78, 5) is 30.1. The fourth-order valence-electron chi connectivity index (χ4n) is 3.01. The largest absolute Gasteiger partial charge is 0.477 e. The van der Waals surface area contributed by atoms with E-state index in [0.717, 1.165) is 6.42 Å². The first-order chi connectivity index (χ1) is 11.5. The van der Waals surface area contributed by atoms with Crippen molar-refractivity contribution < 1.29 is 19.4 Å². The second kappa shape index (κ2) is 6.56. The van der Waals surface area contributed by atoms with Crippen LogP contribution in [-0.2, 0) is 4.74 Å². The molecule has 8 heteroatoms. The van der Waals surface area contributed by atoms with Crippen molar-refractivity contribution in [3.8, 4) is 0 Å². The van der Waals surface area contributed by atoms with Crippen molar-refractivity contribution in [2.75, 3.05) is 19.8 Å². The quantitative estimate of drug-likeness (QED) is 0.907. The van der Waals surface area contributed by atoms with Gasteiger partial charge in [-0.1, -0.05) is 13.8 Å². The Hall–Kier alpha value is -2.48. The van der Waals surface area contributed by atoms with Crippen LogP contribution in [0.15, 0.2) is 18.5 Å². The van der Waals surface area contributed by atoms with E-state index < -0.39 is 5.97 Å². The number of hydrogen-bond acceptors (Lipinski definition) is 5. The van der Waals surface area contributed by atoms with Gasteiger partial charge in [-0.2, -0.15) is 5.10 Å². The molecule has 0 spiro atoms. The van der Waals surface area contributed by atoms with Crippen molar-refractivity contribution in [1.29, 1.82) is 0 Å². The van der Waals surface area contributed by atoms with Crippen LogP contribution in [0.5, 0.6) is 0 Å². The number of ether oxygens (including phenoxy) is 1. The Kier molecular flexibility index (Phi) is 4.48. The monoisotopic (exact) mass is 332 g/mol. The van der Waals surface area contributed by atoms with Gasteiger partial charge in [-0.15, -0.1) is 0 Å². The summed E-state index contributed by atoms with van der Waals surface area (Å²) in [5.74, 6) is -0.865. The highest BCUT2D eigenvalue weighted by Crippen LogP contribution is 2.19. The Labute approximate surface area is 139 Å². The van der Waals surface area contributed by atoms with Crippen LogP contribution in [-0.4, -0.2) is 62.3 Å². The molecule has 0 saturated carbocycles. The predicted molar refractivity (Wildman–Crippen MR) is 85.0 cm³/mol. The van der Waals surface area contributed by atoms with E-state index in [9.17, 15) is 14.7 Å². The molecule has 2 aromatic rings. The zero-order chi connectivity index (χ0) is 17.3. The van der Waals surface area contributed by atoms with E-state index >= 15 is 0 Å². The van der Waals surface area contributed by atoms with Crippen LogP contribution < -0.4 is 0 Å². The lowest BCUT2D eigenvalue weighted by atomic mass is 10.0. The molecule has 0 aromatic carbocycles. The molecule has 0 radical (unpaired) electrons. The molecule has 1 N–H and O–H groups in total. The SMILES string of the molecule is CC(C)C[C@H]1COCCN1C(=O)c1ccnc2c(C(=O)O)cnn12. The van der Waals surface area contributed by atoms with E-state index in [-0.39, 0.29) is 23.2 Å². The molecular weight excluding hydrogens is 312 g/mol. The zero-order valence-electron chi connectivity index (χ0n) is 13.7. The number of hydrogen-bond donors (Lipinski definition) is 1. The number of aromatic carboxylic acids is 1. The van der Waals surface area contributed by atoms with Crippen LogP contribution >= 0.6 is 0 Å². The first-order valence-corrected chi connectivity index (χ1v) is 7.93. The Morgan fingerprint density at radius 1 is 1.46 bits per heavy atom. The summed E-state index contributed by atoms with van der Waals surface area (Å²) < 4.78 is 6.82. The van der Waals surface area contributed by atoms with Crippen LogP contribution in [0.2, 0.25) is 0 Å². The number of carboxylic acids is 1. The summed E-state index contributed by atoms with van der Waals surface area (Å²) in [6, 6.07) is 1.57. The summed E-state index contributed by atoms with van der Waals surface area (Å²) >= 11 is 0. The van der Waals surface area contributed by atoms with Crippen LogP contribution in [0.1, 0.15) is 41.1 Å². The van der Waals surface area contributed by atoms with Gasteiger partial charge >= 0.3 is 5.97 Å². The second-order valence-electron chi connectivity index (χ2n) is 6.29. The number of carbonyl (C=O) groups excluding carboxylic acids is 1. The maximum Gasteiger partial charge on any atom is 0.341 e. The van der Waals surface area contributed by atoms with Gasteiger partial charge in [0.2, 0.25) is 0 Å². The average molecular weight is 332 g/mol. The lowest BCUT2D eigenvalue weighted by Gasteiger charge is -2.36. The van der Waals surface area contributed by atoms with E-state index in [0.29, 0.717) is 31.4 Å². The van der Waals surface area contributed by atoms with Crippen molar-refractivity contribution in [1.82, 2.24) is 19.5 Å². The number of aromatic nitrogens is 3. The molecule has 1 amide bonds. The molecule has 0 aliphatic carbocycles. The fraction of sp³-hybridized carbons (Fsp3) is 0.500. The van der Waals surface area contributed by atoms with Gasteiger partial charge in [-0.3, -0.25) is 4.79 Å². The third kappa shape index (κ3) is 2.96. The van der Waals surface area contributed by atoms with Gasteiger partial charge in [0.05, 0.1) is 25.5 Å². The molecule has 1 fully saturated rings. The van der Waals surface area contributed by atoms with E-state index in [1.165, 1.54) is 16.9 Å². The number of rotatable bonds is 4. The minimum absolute atomic E-state index is 0.00368. The standard InChI is InChI=1S/C16H20N4O4/c1-10(2)7-11-9-24-6-5-19(11)15(21)13-3-4-17-14-12(16(22)23)8-18-20(13)14/h3-4,8,10-11H,5-7,9H2,1-2H3,(H,22,23)/t11-/m0/s1. The van der Waals surface area contributed by atoms with E-state index in [2.05, 4.69) is 23.9 Å². The third-order valence-electron chi connectivity index (χ3n) is 4.08. The third-order valence-corrected chi connectivity index (χ3v) is 4.08. The first kappa shape index (κ1) is 16.4. The first-order valence-electron chi connectivity index (χ1n) is 7.93. The summed E-state index contributed by atoms with van der Waals surface area (Å²) in [6.45, 7) is 5.72. The minimum Gasteiger partial charge on any atom is -0.477 e. The highest BCUT2D eigenvalue weighted by Gasteiger charge is 2.30. The molecule has 2 aromatic heterocycles. The van der Waals surface area contributed by atoms with Crippen molar-refractivity contribution in [2.24, 2.45) is 5.92 Å². The lowest BCUT2D eigenvalue weighted by molar-refractivity contribution is -0.00790. The van der Waals surface area contributed by atoms with Crippen LogP contribution in [0.3, 0.4) is 0 Å². The Balaban J connectivity index is 1.97. The summed E-state index contributed by atoms with van der Waals surface area (Å²) in [6.07, 6.45) is 3.50. The number of nitrogens with zero attached hydrogens (tertiary/aromatic N) is 4. The predicted octanol–water partition coefficient (Wildman–Crippen LogP) is 1.31.